The highest BCUT2D eigenvalue weighted by Gasteiger charge is 2.34. The molecule has 5 N–H and O–H groups in total. The first-order valence-corrected chi connectivity index (χ1v) is 43.4. The number of nitrogens with one attached hydrogen (secondary N) is 5. The number of aromatic nitrogens is 10. The van der Waals surface area contributed by atoms with Gasteiger partial charge in [0.05, 0.1) is 33.3 Å². The van der Waals surface area contributed by atoms with E-state index in [4.69, 9.17) is 96.4 Å². The van der Waals surface area contributed by atoms with E-state index < -0.39 is 68.7 Å². The van der Waals surface area contributed by atoms with Crippen LogP contribution in [0.1, 0.15) is 62.9 Å². The average Bonchev–Trinajstić information content (AvgIpc) is 1.50. The van der Waals surface area contributed by atoms with Crippen LogP contribution in [-0.2, 0) is 0 Å². The van der Waals surface area contributed by atoms with Crippen LogP contribution < -0.4 is 31.3 Å². The van der Waals surface area contributed by atoms with Gasteiger partial charge in [-0.05, 0) is 278 Å². The van der Waals surface area contributed by atoms with E-state index >= 15 is 0 Å². The lowest BCUT2D eigenvalue weighted by atomic mass is 10.1. The molecule has 26 nitrogen and oxygen atoms in total. The minimum Gasteiger partial charge on any atom is -0.494 e. The maximum Gasteiger partial charge on any atom is 0.446 e. The van der Waals surface area contributed by atoms with Crippen LogP contribution >= 0.6 is 128 Å². The van der Waals surface area contributed by atoms with Gasteiger partial charge in [-0.25, -0.2) is 8.78 Å². The molecule has 0 bridgehead atoms. The Morgan fingerprint density at radius 2 is 0.584 bits per heavy atom. The second-order valence-electron chi connectivity index (χ2n) is 26.4. The van der Waals surface area contributed by atoms with E-state index in [1.807, 2.05) is 13.8 Å². The summed E-state index contributed by atoms with van der Waals surface area (Å²) >= 11 is 34.6. The van der Waals surface area contributed by atoms with Crippen molar-refractivity contribution in [2.24, 2.45) is 0 Å². The van der Waals surface area contributed by atoms with Crippen LogP contribution in [-0.4, -0.2) is 115 Å². The van der Waals surface area contributed by atoms with Gasteiger partial charge in [-0.15, -0.1) is 25.5 Å². The molecular formula is C83H48Cl6F17N15O11S5. The number of aryl methyl sites for hydroxylation is 2. The number of thioether (sulfide) groups is 5. The fraction of sp³-hybridized carbons (Fsp3) is 0.0964. The first-order valence-electron chi connectivity index (χ1n) is 37.0. The molecule has 0 radical (unpaired) electrons. The number of carbonyl (C=O) groups is 5. The second-order valence-corrected chi connectivity index (χ2v) is 34.6. The standard InChI is InChI=1S/C17H10Cl2F3N3O3S.2C17H11ClF3N3O2S.C16H8Cl2F3N3O2S.C16H8F5N3O2S/c1-27-13-11(18)6-9(7-12(13)19)15-24-25-16(28-15)23-14(26)8-2-4-10(5-3-8)29-17(20,21)22;1-9-2-5-11(18)8-13(9)15-23-24-16(26-15)22-14(25)10-3-6-12(7-4-10)27-17(19,20)21;1-9-6-11(8-12(18)7-9)15-23-24-16(26-15)22-14(25)10-2-4-13(5-3-10)27-17(19,20)21;2*17-9-3-6-11(12(18)7-9)14-23-24-15(26-14)22-13(25)8-1-4-10(5-2-8)27-16(19,20)21/h2-7H,1H3,(H,23,25,26);2*2-8H,1H3,(H,22,24,25);2*1-7H,(H,22,24,25). The normalized spacial score (nSPS) is 11.4. The molecule has 0 fully saturated rings. The molecule has 712 valence electrons. The first-order chi connectivity index (χ1) is 64.5. The number of anilines is 5. The summed E-state index contributed by atoms with van der Waals surface area (Å²) in [6.45, 7) is 3.70. The SMILES string of the molecule is COc1c(Cl)cc(-c2nnc(NC(=O)c3ccc(SC(F)(F)F)cc3)o2)cc1Cl.Cc1cc(Cl)cc(-c2nnc(NC(=O)c3ccc(SC(F)(F)F)cc3)o2)c1.Cc1ccc(Cl)cc1-c1nnc(NC(=O)c2ccc(SC(F)(F)F)cc2)o1.O=C(Nc1nnc(-c2ccc(Cl)cc2Cl)o1)c1ccc(SC(F)(F)F)cc1.O=C(Nc1nnc(-c2ccc(F)cc2F)o1)c1ccc(SC(F)(F)F)cc1. The van der Waals surface area contributed by atoms with Crippen molar-refractivity contribution in [2.75, 3.05) is 33.7 Å². The monoisotopic (exact) mass is 2120 g/mol. The van der Waals surface area contributed by atoms with Gasteiger partial charge in [0.1, 0.15) is 11.6 Å². The Hall–Kier alpha value is -12.7. The Morgan fingerprint density at radius 1 is 0.299 bits per heavy atom. The van der Waals surface area contributed by atoms with Crippen molar-refractivity contribution >= 4 is 188 Å². The van der Waals surface area contributed by atoms with Crippen LogP contribution in [0.2, 0.25) is 30.1 Å². The summed E-state index contributed by atoms with van der Waals surface area (Å²) in [6.07, 6.45) is 0. The van der Waals surface area contributed by atoms with Crippen LogP contribution in [0.15, 0.2) is 253 Å². The maximum absolute atomic E-state index is 13.7. The third-order valence-corrected chi connectivity index (χ3v) is 21.7. The van der Waals surface area contributed by atoms with Crippen LogP contribution in [0, 0.1) is 25.5 Å². The smallest absolute Gasteiger partial charge is 0.446 e. The Balaban J connectivity index is 0.000000164. The lowest BCUT2D eigenvalue weighted by Crippen LogP contribution is -2.12. The Kier molecular flexibility index (Phi) is 35.2. The zero-order valence-corrected chi connectivity index (χ0v) is 76.4. The van der Waals surface area contributed by atoms with Crippen molar-refractivity contribution in [1.82, 2.24) is 51.0 Å². The number of alkyl halides is 15. The molecule has 15 aromatic rings. The van der Waals surface area contributed by atoms with Crippen LogP contribution in [0.3, 0.4) is 0 Å². The predicted octanol–water partition coefficient (Wildman–Crippen LogP) is 27.8. The molecule has 0 unspecified atom stereocenters. The van der Waals surface area contributed by atoms with E-state index in [-0.39, 0.29) is 192 Å². The van der Waals surface area contributed by atoms with Crippen molar-refractivity contribution in [3.63, 3.8) is 0 Å². The van der Waals surface area contributed by atoms with Crippen molar-refractivity contribution in [3.05, 3.63) is 287 Å². The van der Waals surface area contributed by atoms with Gasteiger partial charge in [-0.3, -0.25) is 50.6 Å². The molecule has 0 atom stereocenters. The third kappa shape index (κ3) is 32.5. The molecule has 0 spiro atoms. The highest BCUT2D eigenvalue weighted by molar-refractivity contribution is 8.01. The topological polar surface area (TPSA) is 349 Å². The van der Waals surface area contributed by atoms with Crippen molar-refractivity contribution in [1.29, 1.82) is 0 Å². The number of amides is 5. The molecule has 0 aliphatic rings. The molecular weight excluding hydrogens is 2080 g/mol. The molecule has 137 heavy (non-hydrogen) atoms. The van der Waals surface area contributed by atoms with Crippen LogP contribution in [0.25, 0.3) is 57.3 Å². The van der Waals surface area contributed by atoms with Gasteiger partial charge in [0.2, 0.25) is 17.7 Å². The van der Waals surface area contributed by atoms with Gasteiger partial charge >= 0.3 is 57.6 Å². The van der Waals surface area contributed by atoms with Crippen LogP contribution in [0.4, 0.5) is 105 Å². The lowest BCUT2D eigenvalue weighted by molar-refractivity contribution is -0.0337. The van der Waals surface area contributed by atoms with E-state index in [2.05, 4.69) is 77.6 Å². The van der Waals surface area contributed by atoms with E-state index in [1.165, 1.54) is 135 Å². The fourth-order valence-electron chi connectivity index (χ4n) is 10.7. The Labute approximate surface area is 808 Å². The lowest BCUT2D eigenvalue weighted by Gasteiger charge is -2.06. The Bertz CT molecular complexity index is 6610. The number of nitrogens with zero attached hydrogens (tertiary/aromatic N) is 10. The zero-order valence-electron chi connectivity index (χ0n) is 67.8. The summed E-state index contributed by atoms with van der Waals surface area (Å²) in [7, 11) is 1.42. The van der Waals surface area contributed by atoms with E-state index in [0.29, 0.717) is 48.4 Å². The highest BCUT2D eigenvalue weighted by atomic mass is 35.5. The number of carbonyl (C=O) groups excluding carboxylic acids is 5. The van der Waals surface area contributed by atoms with Gasteiger partial charge in [0, 0.05) is 90.1 Å². The summed E-state index contributed by atoms with van der Waals surface area (Å²) in [5.74, 6) is -4.35. The number of hydrogen-bond acceptors (Lipinski definition) is 26. The largest absolute Gasteiger partial charge is 0.494 e. The summed E-state index contributed by atoms with van der Waals surface area (Å²) in [5, 5.41) is 51.3. The Morgan fingerprint density at radius 3 is 0.891 bits per heavy atom. The van der Waals surface area contributed by atoms with Gasteiger partial charge in [0.25, 0.3) is 41.3 Å². The van der Waals surface area contributed by atoms with Gasteiger partial charge in [-0.2, -0.15) is 65.9 Å². The molecule has 54 heteroatoms. The van der Waals surface area contributed by atoms with Gasteiger partial charge in [0.15, 0.2) is 5.75 Å². The number of halogens is 23. The minimum atomic E-state index is -4.43. The molecule has 15 rings (SSSR count). The van der Waals surface area contributed by atoms with E-state index in [9.17, 15) is 98.6 Å². The average molecular weight is 2130 g/mol. The maximum atomic E-state index is 13.7. The number of methoxy groups -OCH3 is 1. The molecule has 0 aliphatic heterocycles. The van der Waals surface area contributed by atoms with Gasteiger partial charge in [-0.1, -0.05) is 101 Å². The number of hydrogen-bond donors (Lipinski definition) is 5. The molecule has 0 aliphatic carbocycles. The van der Waals surface area contributed by atoms with E-state index in [0.717, 1.165) is 35.4 Å². The summed E-state index contributed by atoms with van der Waals surface area (Å²) < 4.78 is 243. The minimum absolute atomic E-state index is 0.0180. The second kappa shape index (κ2) is 46.0. The number of ether oxygens (including phenoxy) is 1. The van der Waals surface area contributed by atoms with Crippen molar-refractivity contribution in [3.8, 4) is 63.0 Å². The predicted molar refractivity (Wildman–Crippen MR) is 476 cm³/mol. The number of rotatable bonds is 21. The highest BCUT2D eigenvalue weighted by Crippen LogP contribution is 2.44. The summed E-state index contributed by atoms with van der Waals surface area (Å²) in [4.78, 5) is 60.6. The van der Waals surface area contributed by atoms with Crippen molar-refractivity contribution < 1.29 is 125 Å². The molecule has 5 amide bonds. The first kappa shape index (κ1) is 105. The molecule has 10 aromatic carbocycles. The molecule has 0 saturated heterocycles. The quantitative estimate of drug-likeness (QED) is 0.0329. The number of benzene rings is 10. The van der Waals surface area contributed by atoms with Crippen LogP contribution in [0.5, 0.6) is 5.75 Å². The zero-order chi connectivity index (χ0) is 99.6. The molecule has 5 heterocycles. The van der Waals surface area contributed by atoms with Crippen molar-refractivity contribution in [2.45, 2.75) is 65.9 Å². The summed E-state index contributed by atoms with van der Waals surface area (Å²) in [5.41, 5.74) is -17.7. The molecule has 0 saturated carbocycles. The fourth-order valence-corrected chi connectivity index (χ4v) is 15.0. The summed E-state index contributed by atoms with van der Waals surface area (Å²) in [6, 6.07) is 44.2. The third-order valence-electron chi connectivity index (χ3n) is 16.5. The van der Waals surface area contributed by atoms with Gasteiger partial charge < -0.3 is 26.8 Å². The molecule has 5 aromatic heterocycles. The van der Waals surface area contributed by atoms with E-state index in [1.54, 1.807) is 48.5 Å².